The van der Waals surface area contributed by atoms with Gasteiger partial charge in [-0.2, -0.15) is 0 Å². The number of carbonyl (C=O) groups is 2. The maximum absolute atomic E-state index is 12.7. The summed E-state index contributed by atoms with van der Waals surface area (Å²) in [6.45, 7) is 7.61. The number of ether oxygens (including phenoxy) is 2. The normalized spacial score (nSPS) is 15.5. The minimum atomic E-state index is -0.243. The van der Waals surface area contributed by atoms with E-state index in [2.05, 4.69) is 16.7 Å². The lowest BCUT2D eigenvalue weighted by Crippen LogP contribution is -2.46. The van der Waals surface area contributed by atoms with E-state index >= 15 is 0 Å². The highest BCUT2D eigenvalue weighted by Crippen LogP contribution is 2.33. The van der Waals surface area contributed by atoms with E-state index in [9.17, 15) is 9.59 Å². The summed E-state index contributed by atoms with van der Waals surface area (Å²) in [6, 6.07) is 11.7. The van der Waals surface area contributed by atoms with E-state index in [1.807, 2.05) is 36.4 Å². The molecule has 0 N–H and O–H groups in total. The summed E-state index contributed by atoms with van der Waals surface area (Å²) < 4.78 is 11.6. The molecule has 0 spiro atoms. The Labute approximate surface area is 261 Å². The summed E-state index contributed by atoms with van der Waals surface area (Å²) in [7, 11) is 0. The number of esters is 1. The molecule has 0 bridgehead atoms. The monoisotopic (exact) mass is 617 g/mol. The predicted molar refractivity (Wildman–Crippen MR) is 171 cm³/mol. The molecular formula is C33H45Cl2N3O4. The van der Waals surface area contributed by atoms with E-state index in [1.54, 1.807) is 4.90 Å². The molecule has 1 amide bonds. The fourth-order valence-corrected chi connectivity index (χ4v) is 6.00. The fraction of sp³-hybridized carbons (Fsp3) is 0.576. The summed E-state index contributed by atoms with van der Waals surface area (Å²) in [5.41, 5.74) is 2.87. The first kappa shape index (κ1) is 32.4. The van der Waals surface area contributed by atoms with Crippen LogP contribution >= 0.6 is 23.2 Å². The van der Waals surface area contributed by atoms with Crippen molar-refractivity contribution in [2.45, 2.75) is 77.6 Å². The lowest BCUT2D eigenvalue weighted by molar-refractivity contribution is -0.144. The molecule has 2 aromatic rings. The molecule has 2 aliphatic heterocycles. The van der Waals surface area contributed by atoms with Crippen molar-refractivity contribution in [3.63, 3.8) is 0 Å². The predicted octanol–water partition coefficient (Wildman–Crippen LogP) is 7.51. The Morgan fingerprint density at radius 1 is 0.881 bits per heavy atom. The van der Waals surface area contributed by atoms with E-state index in [1.165, 1.54) is 19.3 Å². The van der Waals surface area contributed by atoms with Crippen LogP contribution in [-0.4, -0.2) is 62.8 Å². The van der Waals surface area contributed by atoms with Crippen LogP contribution < -0.4 is 14.5 Å². The van der Waals surface area contributed by atoms with Crippen molar-refractivity contribution in [3.05, 3.63) is 52.0 Å². The number of fused-ring (bicyclic) bond motifs is 1. The van der Waals surface area contributed by atoms with Crippen molar-refractivity contribution in [1.82, 2.24) is 4.90 Å². The SMILES string of the molecule is CCCCCCCCC(=O)OCN1C(=O)CCc2ccc(OCCCCN3CCN(c4cccc(Cl)c4Cl)CC3)cc21. The largest absolute Gasteiger partial charge is 0.494 e. The average Bonchev–Trinajstić information content (AvgIpc) is 3.00. The van der Waals surface area contributed by atoms with Gasteiger partial charge in [-0.25, -0.2) is 0 Å². The Bertz CT molecular complexity index is 1170. The smallest absolute Gasteiger partial charge is 0.307 e. The molecule has 2 aliphatic rings. The molecule has 0 atom stereocenters. The van der Waals surface area contributed by atoms with Crippen molar-refractivity contribution in [2.24, 2.45) is 0 Å². The minimum absolute atomic E-state index is 0.0234. The molecule has 0 saturated carbocycles. The standard InChI is InChI=1S/C33H45Cl2N3O4/c1-2-3-4-5-6-7-13-32(40)42-25-38-30-24-27(16-14-26(30)15-17-31(38)39)41-23-9-8-18-36-19-21-37(22-20-36)29-12-10-11-28(34)33(29)35/h10-12,14,16,24H,2-9,13,15,17-23,25H2,1H3. The number of halogens is 2. The van der Waals surface area contributed by atoms with Gasteiger partial charge in [-0.05, 0) is 56.0 Å². The summed E-state index contributed by atoms with van der Waals surface area (Å²) >= 11 is 12.6. The van der Waals surface area contributed by atoms with Gasteiger partial charge in [-0.15, -0.1) is 0 Å². The Morgan fingerprint density at radius 2 is 1.67 bits per heavy atom. The van der Waals surface area contributed by atoms with Gasteiger partial charge < -0.3 is 14.4 Å². The summed E-state index contributed by atoms with van der Waals surface area (Å²) in [5.74, 6) is 0.469. The molecule has 230 valence electrons. The van der Waals surface area contributed by atoms with E-state index in [0.717, 1.165) is 87.5 Å². The number of benzene rings is 2. The molecule has 0 aliphatic carbocycles. The van der Waals surface area contributed by atoms with Crippen LogP contribution in [0, 0.1) is 0 Å². The van der Waals surface area contributed by atoms with Gasteiger partial charge in [0.1, 0.15) is 5.75 Å². The van der Waals surface area contributed by atoms with Crippen LogP contribution in [0.1, 0.15) is 76.7 Å². The highest BCUT2D eigenvalue weighted by molar-refractivity contribution is 6.43. The first-order valence-electron chi connectivity index (χ1n) is 15.6. The van der Waals surface area contributed by atoms with Gasteiger partial charge in [0.25, 0.3) is 0 Å². The third-order valence-electron chi connectivity index (χ3n) is 8.13. The highest BCUT2D eigenvalue weighted by Gasteiger charge is 2.26. The maximum Gasteiger partial charge on any atom is 0.307 e. The number of piperazine rings is 1. The van der Waals surface area contributed by atoms with Gasteiger partial charge in [-0.1, -0.05) is 74.4 Å². The number of hydrogen-bond donors (Lipinski definition) is 0. The van der Waals surface area contributed by atoms with Crippen molar-refractivity contribution in [1.29, 1.82) is 0 Å². The maximum atomic E-state index is 12.7. The van der Waals surface area contributed by atoms with E-state index in [-0.39, 0.29) is 18.6 Å². The number of aryl methyl sites for hydroxylation is 1. The van der Waals surface area contributed by atoms with Crippen LogP contribution in [0.4, 0.5) is 11.4 Å². The van der Waals surface area contributed by atoms with Crippen LogP contribution in [0.25, 0.3) is 0 Å². The summed E-state index contributed by atoms with van der Waals surface area (Å²) in [5, 5.41) is 1.22. The van der Waals surface area contributed by atoms with Crippen LogP contribution in [0.15, 0.2) is 36.4 Å². The third-order valence-corrected chi connectivity index (χ3v) is 8.94. The topological polar surface area (TPSA) is 62.3 Å². The van der Waals surface area contributed by atoms with E-state index < -0.39 is 0 Å². The molecule has 7 nitrogen and oxygen atoms in total. The number of amides is 1. The van der Waals surface area contributed by atoms with Crippen molar-refractivity contribution >= 4 is 46.5 Å². The second-order valence-electron chi connectivity index (χ2n) is 11.2. The molecule has 0 unspecified atom stereocenters. The molecule has 0 radical (unpaired) electrons. The Hall–Kier alpha value is -2.48. The van der Waals surface area contributed by atoms with Gasteiger partial charge in [0.05, 0.1) is 28.0 Å². The summed E-state index contributed by atoms with van der Waals surface area (Å²) in [4.78, 5) is 31.3. The lowest BCUT2D eigenvalue weighted by atomic mass is 10.0. The van der Waals surface area contributed by atoms with E-state index in [4.69, 9.17) is 32.7 Å². The zero-order valence-electron chi connectivity index (χ0n) is 24.9. The van der Waals surface area contributed by atoms with Crippen LogP contribution in [0.2, 0.25) is 10.0 Å². The zero-order valence-corrected chi connectivity index (χ0v) is 26.4. The van der Waals surface area contributed by atoms with Crippen LogP contribution in [0.3, 0.4) is 0 Å². The summed E-state index contributed by atoms with van der Waals surface area (Å²) in [6.07, 6.45) is 10.2. The van der Waals surface area contributed by atoms with Crippen LogP contribution in [-0.2, 0) is 20.7 Å². The molecule has 0 aromatic heterocycles. The second kappa shape index (κ2) is 17.0. The number of nitrogens with zero attached hydrogens (tertiary/aromatic N) is 3. The molecule has 2 aromatic carbocycles. The molecule has 1 saturated heterocycles. The van der Waals surface area contributed by atoms with Crippen molar-refractivity contribution in [2.75, 3.05) is 55.9 Å². The van der Waals surface area contributed by atoms with Crippen LogP contribution in [0.5, 0.6) is 5.75 Å². The lowest BCUT2D eigenvalue weighted by Gasteiger charge is -2.36. The molecule has 1 fully saturated rings. The average molecular weight is 619 g/mol. The highest BCUT2D eigenvalue weighted by atomic mass is 35.5. The molecule has 42 heavy (non-hydrogen) atoms. The van der Waals surface area contributed by atoms with Gasteiger partial charge in [0.15, 0.2) is 6.73 Å². The second-order valence-corrected chi connectivity index (χ2v) is 12.0. The van der Waals surface area contributed by atoms with Gasteiger partial charge in [0.2, 0.25) is 5.91 Å². The third kappa shape index (κ3) is 9.51. The quantitative estimate of drug-likeness (QED) is 0.143. The van der Waals surface area contributed by atoms with Gasteiger partial charge >= 0.3 is 5.97 Å². The molecular weight excluding hydrogens is 573 g/mol. The Morgan fingerprint density at radius 3 is 2.48 bits per heavy atom. The number of unbranched alkanes of at least 4 members (excludes halogenated alkanes) is 6. The van der Waals surface area contributed by atoms with Crippen molar-refractivity contribution in [3.8, 4) is 5.75 Å². The van der Waals surface area contributed by atoms with Gasteiger partial charge in [0, 0.05) is 45.1 Å². The Balaban J connectivity index is 1.16. The number of anilines is 2. The first-order valence-corrected chi connectivity index (χ1v) is 16.3. The molecule has 4 rings (SSSR count). The first-order chi connectivity index (χ1) is 20.5. The Kier molecular flexibility index (Phi) is 13.1. The zero-order chi connectivity index (χ0) is 29.7. The number of rotatable bonds is 16. The molecule has 9 heteroatoms. The van der Waals surface area contributed by atoms with Gasteiger partial charge in [-0.3, -0.25) is 19.4 Å². The van der Waals surface area contributed by atoms with E-state index in [0.29, 0.717) is 35.9 Å². The fourth-order valence-electron chi connectivity index (χ4n) is 5.58. The number of hydrogen-bond acceptors (Lipinski definition) is 6. The van der Waals surface area contributed by atoms with Crippen molar-refractivity contribution < 1.29 is 19.1 Å². The number of carbonyl (C=O) groups excluding carboxylic acids is 2. The minimum Gasteiger partial charge on any atom is -0.494 e. The molecule has 2 heterocycles.